The Morgan fingerprint density at radius 1 is 1.24 bits per heavy atom. The van der Waals surface area contributed by atoms with Gasteiger partial charge in [0.2, 0.25) is 0 Å². The first kappa shape index (κ1) is 16.4. The Bertz CT molecular complexity index is 569. The minimum atomic E-state index is -0.780. The number of carbonyl (C=O) groups excluding carboxylic acids is 2. The van der Waals surface area contributed by atoms with Crippen LogP contribution < -0.4 is 4.90 Å². The van der Waals surface area contributed by atoms with Gasteiger partial charge in [0.05, 0.1) is 16.2 Å². The van der Waals surface area contributed by atoms with E-state index < -0.39 is 17.5 Å². The molecule has 0 atom stereocenters. The molecule has 21 heavy (non-hydrogen) atoms. The Morgan fingerprint density at radius 2 is 1.86 bits per heavy atom. The summed E-state index contributed by atoms with van der Waals surface area (Å²) in [6.45, 7) is -0.415. The molecule has 0 fully saturated rings. The fourth-order valence-corrected chi connectivity index (χ4v) is 1.53. The number of ether oxygens (including phenoxy) is 1. The first-order chi connectivity index (χ1) is 9.73. The lowest BCUT2D eigenvalue weighted by atomic mass is 10.1. The maximum absolute atomic E-state index is 12.0. The maximum Gasteiger partial charge on any atom is 0.341 e. The largest absolute Gasteiger partial charge is 0.452 e. The summed E-state index contributed by atoms with van der Waals surface area (Å²) in [7, 11) is 6.47. The van der Waals surface area contributed by atoms with Crippen molar-refractivity contribution in [2.45, 2.75) is 0 Å². The average molecular weight is 295 g/mol. The summed E-state index contributed by atoms with van der Waals surface area (Å²) in [6.07, 6.45) is 0. The van der Waals surface area contributed by atoms with E-state index >= 15 is 0 Å². The highest BCUT2D eigenvalue weighted by molar-refractivity contribution is 5.97. The van der Waals surface area contributed by atoms with Crippen LogP contribution in [0.15, 0.2) is 18.2 Å². The van der Waals surface area contributed by atoms with Crippen molar-refractivity contribution in [1.82, 2.24) is 4.90 Å². The summed E-state index contributed by atoms with van der Waals surface area (Å²) in [5.41, 5.74) is 0.301. The quantitative estimate of drug-likeness (QED) is 0.455. The number of rotatable bonds is 5. The lowest BCUT2D eigenvalue weighted by molar-refractivity contribution is -0.384. The highest BCUT2D eigenvalue weighted by Gasteiger charge is 2.20. The Hall–Kier alpha value is -2.64. The number of hydrogen-bond acceptors (Lipinski definition) is 6. The third-order valence-electron chi connectivity index (χ3n) is 2.72. The van der Waals surface area contributed by atoms with Crippen molar-refractivity contribution in [3.05, 3.63) is 33.9 Å². The second kappa shape index (κ2) is 6.69. The fourth-order valence-electron chi connectivity index (χ4n) is 1.53. The van der Waals surface area contributed by atoms with Crippen LogP contribution in [0.4, 0.5) is 11.4 Å². The third-order valence-corrected chi connectivity index (χ3v) is 2.72. The topological polar surface area (TPSA) is 93.0 Å². The van der Waals surface area contributed by atoms with E-state index in [0.717, 1.165) is 6.07 Å². The molecule has 0 heterocycles. The molecule has 8 nitrogen and oxygen atoms in total. The van der Waals surface area contributed by atoms with Crippen LogP contribution in [0.5, 0.6) is 0 Å². The number of nitro benzene ring substituents is 1. The molecule has 1 aromatic rings. The maximum atomic E-state index is 12.0. The molecule has 0 saturated carbocycles. The number of non-ortho nitro benzene ring substituents is 1. The number of likely N-dealkylation sites (N-methyl/N-ethyl adjacent to an activating group) is 1. The number of benzene rings is 1. The molecule has 1 rings (SSSR count). The molecule has 0 saturated heterocycles. The van der Waals surface area contributed by atoms with Gasteiger partial charge in [-0.15, -0.1) is 0 Å². The van der Waals surface area contributed by atoms with E-state index in [4.69, 9.17) is 4.74 Å². The number of esters is 1. The standard InChI is InChI=1S/C13H17N3O5/c1-14(2)11-6-5-9(16(19)20)7-10(11)13(18)21-8-12(17)15(3)4/h5-7H,8H2,1-4H3. The second-order valence-corrected chi connectivity index (χ2v) is 4.72. The normalized spacial score (nSPS) is 9.90. The minimum Gasteiger partial charge on any atom is -0.452 e. The van der Waals surface area contributed by atoms with Crippen LogP contribution in [-0.4, -0.2) is 56.5 Å². The third kappa shape index (κ3) is 4.16. The van der Waals surface area contributed by atoms with Gasteiger partial charge in [0.15, 0.2) is 6.61 Å². The Balaban J connectivity index is 3.02. The first-order valence-electron chi connectivity index (χ1n) is 6.07. The molecule has 114 valence electrons. The lowest BCUT2D eigenvalue weighted by Gasteiger charge is -2.17. The molecule has 0 spiro atoms. The van der Waals surface area contributed by atoms with Crippen molar-refractivity contribution in [2.75, 3.05) is 39.7 Å². The van der Waals surface area contributed by atoms with Crippen molar-refractivity contribution >= 4 is 23.3 Å². The number of amides is 1. The van der Waals surface area contributed by atoms with Crippen LogP contribution >= 0.6 is 0 Å². The van der Waals surface area contributed by atoms with Crippen molar-refractivity contribution in [2.24, 2.45) is 0 Å². The van der Waals surface area contributed by atoms with Gasteiger partial charge < -0.3 is 14.5 Å². The number of carbonyl (C=O) groups is 2. The zero-order chi connectivity index (χ0) is 16.2. The van der Waals surface area contributed by atoms with Gasteiger partial charge in [-0.1, -0.05) is 0 Å². The summed E-state index contributed by atoms with van der Waals surface area (Å²) >= 11 is 0. The van der Waals surface area contributed by atoms with E-state index in [1.54, 1.807) is 19.0 Å². The monoisotopic (exact) mass is 295 g/mol. The van der Waals surface area contributed by atoms with Crippen LogP contribution in [0.3, 0.4) is 0 Å². The number of anilines is 1. The zero-order valence-electron chi connectivity index (χ0n) is 12.3. The van der Waals surface area contributed by atoms with Gasteiger partial charge in [-0.05, 0) is 6.07 Å². The van der Waals surface area contributed by atoms with Gasteiger partial charge in [0.25, 0.3) is 11.6 Å². The minimum absolute atomic E-state index is 0.0424. The van der Waals surface area contributed by atoms with Crippen LogP contribution in [0.2, 0.25) is 0 Å². The highest BCUT2D eigenvalue weighted by Crippen LogP contribution is 2.24. The number of hydrogen-bond donors (Lipinski definition) is 0. The van der Waals surface area contributed by atoms with Crippen molar-refractivity contribution in [3.8, 4) is 0 Å². The van der Waals surface area contributed by atoms with Gasteiger partial charge in [0, 0.05) is 40.3 Å². The molecule has 0 aromatic heterocycles. The predicted molar refractivity (Wildman–Crippen MR) is 76.4 cm³/mol. The molecule has 0 aliphatic heterocycles. The van der Waals surface area contributed by atoms with Gasteiger partial charge in [-0.3, -0.25) is 14.9 Å². The van der Waals surface area contributed by atoms with Crippen LogP contribution in [0.1, 0.15) is 10.4 Å². The highest BCUT2D eigenvalue weighted by atomic mass is 16.6. The van der Waals surface area contributed by atoms with E-state index in [-0.39, 0.29) is 17.2 Å². The van der Waals surface area contributed by atoms with E-state index in [9.17, 15) is 19.7 Å². The molecule has 0 aliphatic carbocycles. The number of nitro groups is 1. The molecule has 0 unspecified atom stereocenters. The molecular weight excluding hydrogens is 278 g/mol. The molecular formula is C13H17N3O5. The SMILES string of the molecule is CN(C)C(=O)COC(=O)c1cc([N+](=O)[O-])ccc1N(C)C. The number of nitrogens with zero attached hydrogens (tertiary/aromatic N) is 3. The van der Waals surface area contributed by atoms with Crippen molar-refractivity contribution in [1.29, 1.82) is 0 Å². The molecule has 0 aliphatic rings. The predicted octanol–water partition coefficient (Wildman–Crippen LogP) is 0.906. The molecule has 1 aromatic carbocycles. The summed E-state index contributed by atoms with van der Waals surface area (Å²) in [5.74, 6) is -1.15. The summed E-state index contributed by atoms with van der Waals surface area (Å²) < 4.78 is 4.90. The van der Waals surface area contributed by atoms with E-state index in [1.165, 1.54) is 31.1 Å². The van der Waals surface area contributed by atoms with Gasteiger partial charge in [-0.25, -0.2) is 4.79 Å². The Morgan fingerprint density at radius 3 is 2.33 bits per heavy atom. The Labute approximate surface area is 122 Å². The van der Waals surface area contributed by atoms with Crippen molar-refractivity contribution < 1.29 is 19.2 Å². The van der Waals surface area contributed by atoms with E-state index in [0.29, 0.717) is 5.69 Å². The van der Waals surface area contributed by atoms with Crippen LogP contribution in [0, 0.1) is 10.1 Å². The second-order valence-electron chi connectivity index (χ2n) is 4.72. The van der Waals surface area contributed by atoms with Crippen LogP contribution in [0.25, 0.3) is 0 Å². The van der Waals surface area contributed by atoms with Crippen molar-refractivity contribution in [3.63, 3.8) is 0 Å². The van der Waals surface area contributed by atoms with Crippen LogP contribution in [-0.2, 0) is 9.53 Å². The Kier molecular flexibility index (Phi) is 5.23. The van der Waals surface area contributed by atoms with E-state index in [2.05, 4.69) is 0 Å². The molecule has 0 bridgehead atoms. The molecule has 1 amide bonds. The van der Waals surface area contributed by atoms with Gasteiger partial charge in [0.1, 0.15) is 0 Å². The first-order valence-corrected chi connectivity index (χ1v) is 6.07. The summed E-state index contributed by atoms with van der Waals surface area (Å²) in [6, 6.07) is 3.90. The molecule has 8 heteroatoms. The van der Waals surface area contributed by atoms with E-state index in [1.807, 2.05) is 0 Å². The molecule has 0 radical (unpaired) electrons. The van der Waals surface area contributed by atoms with Gasteiger partial charge >= 0.3 is 5.97 Å². The fraction of sp³-hybridized carbons (Fsp3) is 0.385. The molecule has 0 N–H and O–H groups in total. The summed E-state index contributed by atoms with van der Waals surface area (Å²) in [4.78, 5) is 36.5. The summed E-state index contributed by atoms with van der Waals surface area (Å²) in [5, 5.41) is 10.8. The lowest BCUT2D eigenvalue weighted by Crippen LogP contribution is -2.28. The average Bonchev–Trinajstić information content (AvgIpc) is 2.43. The zero-order valence-corrected chi connectivity index (χ0v) is 12.3. The van der Waals surface area contributed by atoms with Gasteiger partial charge in [-0.2, -0.15) is 0 Å². The smallest absolute Gasteiger partial charge is 0.341 e.